The molecule has 62 heavy (non-hydrogen) atoms. The van der Waals surface area contributed by atoms with Crippen molar-refractivity contribution in [3.63, 3.8) is 0 Å². The summed E-state index contributed by atoms with van der Waals surface area (Å²) in [5.74, 6) is 0.663. The molecule has 4 bridgehead atoms. The monoisotopic (exact) mass is 870 g/mol. The van der Waals surface area contributed by atoms with E-state index in [-0.39, 0.29) is 46.0 Å². The molecule has 11 heteroatoms. The van der Waals surface area contributed by atoms with Gasteiger partial charge in [-0.2, -0.15) is 13.2 Å². The van der Waals surface area contributed by atoms with Crippen molar-refractivity contribution in [3.05, 3.63) is 124 Å². The number of aliphatic hydroxyl groups excluding tert-OH is 1. The highest BCUT2D eigenvalue weighted by atomic mass is 35.5. The maximum Gasteiger partial charge on any atom is 0.416 e. The number of hydrogen-bond donors (Lipinski definition) is 3. The second kappa shape index (κ2) is 17.0. The minimum absolute atomic E-state index is 0.0126. The van der Waals surface area contributed by atoms with Crippen molar-refractivity contribution in [1.29, 1.82) is 0 Å². The first-order valence-corrected chi connectivity index (χ1v) is 22.6. The van der Waals surface area contributed by atoms with Gasteiger partial charge in [-0.3, -0.25) is 4.79 Å². The number of aliphatic hydroxyl groups is 2. The molecule has 0 unspecified atom stereocenters. The number of para-hydroxylation sites is 1. The quantitative estimate of drug-likeness (QED) is 0.121. The zero-order valence-corrected chi connectivity index (χ0v) is 36.8. The van der Waals surface area contributed by atoms with Crippen LogP contribution < -0.4 is 5.32 Å². The third-order valence-electron chi connectivity index (χ3n) is 15.5. The molecule has 3 aromatic carbocycles. The van der Waals surface area contributed by atoms with Crippen molar-refractivity contribution < 1.29 is 37.4 Å². The molecular formula is C51H58ClF3N2O5. The van der Waals surface area contributed by atoms with Gasteiger partial charge in [-0.05, 0) is 160 Å². The molecule has 0 radical (unpaired) electrons. The third kappa shape index (κ3) is 8.51. The fourth-order valence-electron chi connectivity index (χ4n) is 11.5. The molecule has 6 aliphatic rings. The number of furan rings is 1. The molecule has 7 atom stereocenters. The summed E-state index contributed by atoms with van der Waals surface area (Å²) in [7, 11) is 0. The topological polar surface area (TPSA) is 103 Å². The van der Waals surface area contributed by atoms with Crippen molar-refractivity contribution >= 4 is 29.1 Å². The van der Waals surface area contributed by atoms with Gasteiger partial charge in [0, 0.05) is 28.8 Å². The summed E-state index contributed by atoms with van der Waals surface area (Å²) in [5.41, 5.74) is 0.823. The van der Waals surface area contributed by atoms with Gasteiger partial charge in [-0.25, -0.2) is 4.79 Å². The van der Waals surface area contributed by atoms with Crippen LogP contribution in [0, 0.1) is 28.6 Å². The molecule has 330 valence electrons. The van der Waals surface area contributed by atoms with E-state index in [0.29, 0.717) is 86.1 Å². The first kappa shape index (κ1) is 44.2. The summed E-state index contributed by atoms with van der Waals surface area (Å²) in [6.45, 7) is 9.50. The summed E-state index contributed by atoms with van der Waals surface area (Å²) in [5, 5.41) is 27.6. The molecule has 10 rings (SSSR count). The molecule has 6 aliphatic carbocycles. The number of anilines is 1. The van der Waals surface area contributed by atoms with E-state index in [9.17, 15) is 33.0 Å². The predicted octanol–water partition coefficient (Wildman–Crippen LogP) is 12.5. The van der Waals surface area contributed by atoms with Crippen LogP contribution in [-0.2, 0) is 12.6 Å². The van der Waals surface area contributed by atoms with E-state index >= 15 is 0 Å². The average molecular weight is 871 g/mol. The Bertz CT molecular complexity index is 2340. The van der Waals surface area contributed by atoms with Crippen LogP contribution in [0.4, 0.5) is 23.7 Å². The number of benzene rings is 3. The SMILES string of the molecule is CC1=CCC[C@@]2(C)[C@@H](CC[C@@]2(O)CN(C[C@@H]2CC[C@H]3C[C@@H]2C3(C)C)C(=O)Nc2ccccc2)c2ccc(cc2C(=O)c2ccc(-c3cc(C(F)(F)F)ccc3Cl)o2)C[C@@H](O)CC1. The number of rotatable bonds is 8. The summed E-state index contributed by atoms with van der Waals surface area (Å²) in [6, 6.07) is 20.7. The molecule has 2 amide bonds. The number of alkyl halides is 3. The highest BCUT2D eigenvalue weighted by Gasteiger charge is 2.59. The number of fused-ring (bicyclic) bond motifs is 10. The Hall–Kier alpha value is -4.38. The molecule has 0 saturated heterocycles. The Kier molecular flexibility index (Phi) is 12.1. The van der Waals surface area contributed by atoms with E-state index in [0.717, 1.165) is 48.6 Å². The van der Waals surface area contributed by atoms with Crippen molar-refractivity contribution in [2.45, 2.75) is 116 Å². The molecule has 4 aromatic rings. The lowest BCUT2D eigenvalue weighted by atomic mass is 9.45. The van der Waals surface area contributed by atoms with Crippen LogP contribution in [-0.4, -0.2) is 51.7 Å². The third-order valence-corrected chi connectivity index (χ3v) is 15.9. The number of urea groups is 1. The van der Waals surface area contributed by atoms with Gasteiger partial charge in [-0.1, -0.05) is 74.4 Å². The summed E-state index contributed by atoms with van der Waals surface area (Å²) >= 11 is 6.37. The number of halogens is 4. The summed E-state index contributed by atoms with van der Waals surface area (Å²) < 4.78 is 47.1. The number of ketones is 1. The molecule has 1 aromatic heterocycles. The van der Waals surface area contributed by atoms with E-state index in [4.69, 9.17) is 16.0 Å². The van der Waals surface area contributed by atoms with Crippen molar-refractivity contribution in [2.24, 2.45) is 28.6 Å². The molecule has 0 spiro atoms. The lowest BCUT2D eigenvalue weighted by molar-refractivity contribution is -0.137. The average Bonchev–Trinajstić information content (AvgIpc) is 3.82. The second-order valence-corrected chi connectivity index (χ2v) is 19.9. The van der Waals surface area contributed by atoms with Crippen LogP contribution in [0.1, 0.15) is 124 Å². The van der Waals surface area contributed by atoms with E-state index in [1.165, 1.54) is 12.1 Å². The molecule has 3 N–H and O–H groups in total. The van der Waals surface area contributed by atoms with E-state index in [1.54, 1.807) is 6.07 Å². The predicted molar refractivity (Wildman–Crippen MR) is 236 cm³/mol. The molecule has 4 saturated carbocycles. The number of carbonyl (C=O) groups is 2. The van der Waals surface area contributed by atoms with Gasteiger partial charge in [0.05, 0.1) is 28.8 Å². The number of carbonyl (C=O) groups excluding carboxylic acids is 2. The number of allylic oxidation sites excluding steroid dienone is 2. The molecule has 7 nitrogen and oxygen atoms in total. The Morgan fingerprint density at radius 2 is 1.73 bits per heavy atom. The van der Waals surface area contributed by atoms with Gasteiger partial charge in [0.25, 0.3) is 0 Å². The summed E-state index contributed by atoms with van der Waals surface area (Å²) in [6.07, 6.45) is 3.94. The van der Waals surface area contributed by atoms with Crippen molar-refractivity contribution in [3.8, 4) is 11.3 Å². The first-order chi connectivity index (χ1) is 29.4. The van der Waals surface area contributed by atoms with Gasteiger partial charge in [0.15, 0.2) is 5.76 Å². The van der Waals surface area contributed by atoms with Gasteiger partial charge < -0.3 is 24.8 Å². The van der Waals surface area contributed by atoms with Crippen LogP contribution in [0.15, 0.2) is 94.9 Å². The fraction of sp³-hybridized carbons (Fsp3) is 0.490. The molecule has 4 fully saturated rings. The fourth-order valence-corrected chi connectivity index (χ4v) is 11.8. The maximum absolute atomic E-state index is 14.8. The number of nitrogens with one attached hydrogen (secondary N) is 1. The van der Waals surface area contributed by atoms with Gasteiger partial charge in [0.1, 0.15) is 5.76 Å². The maximum atomic E-state index is 14.8. The largest absolute Gasteiger partial charge is 0.453 e. The van der Waals surface area contributed by atoms with Crippen LogP contribution in [0.25, 0.3) is 11.3 Å². The normalized spacial score (nSPS) is 28.3. The Labute approximate surface area is 367 Å². The standard InChI is InChI=1S/C51H58ClF3N2O5/c1-31-9-8-23-49(4)41(22-24-50(49,61)30-57(47(60)56-36-10-6-5-7-11-36)29-33-14-15-34-28-42(33)48(34,2)3)38-18-13-32(25-37(58)17-12-31)26-39(38)46(59)45-21-20-44(62-45)40-27-35(51(53,54)55)16-19-43(40)52/h5-7,9-11,13,16,18-21,26-27,33-34,37,41-42,58,61H,8,12,14-15,17,22-25,28-30H2,1-4H3,(H,56,60)/t33-,34-,37-,41-,42-,49-,50+/m0/s1. The Morgan fingerprint density at radius 3 is 2.45 bits per heavy atom. The Morgan fingerprint density at radius 1 is 0.952 bits per heavy atom. The smallest absolute Gasteiger partial charge is 0.416 e. The second-order valence-electron chi connectivity index (χ2n) is 19.5. The zero-order valence-electron chi connectivity index (χ0n) is 36.0. The lowest BCUT2D eigenvalue weighted by Crippen LogP contribution is -2.58. The van der Waals surface area contributed by atoms with Crippen LogP contribution in [0.3, 0.4) is 0 Å². The van der Waals surface area contributed by atoms with Crippen molar-refractivity contribution in [1.82, 2.24) is 4.90 Å². The van der Waals surface area contributed by atoms with Crippen LogP contribution in [0.2, 0.25) is 5.02 Å². The lowest BCUT2D eigenvalue weighted by Gasteiger charge is -2.60. The highest BCUT2D eigenvalue weighted by Crippen LogP contribution is 2.62. The van der Waals surface area contributed by atoms with E-state index < -0.39 is 34.6 Å². The van der Waals surface area contributed by atoms with Gasteiger partial charge in [0.2, 0.25) is 5.78 Å². The van der Waals surface area contributed by atoms with Crippen LogP contribution in [0.5, 0.6) is 0 Å². The minimum Gasteiger partial charge on any atom is -0.453 e. The molecule has 0 aliphatic heterocycles. The van der Waals surface area contributed by atoms with Gasteiger partial charge >= 0.3 is 12.2 Å². The Balaban J connectivity index is 1.17. The number of nitrogens with zero attached hydrogens (tertiary/aromatic N) is 1. The number of amides is 2. The molecular weight excluding hydrogens is 813 g/mol. The van der Waals surface area contributed by atoms with E-state index in [2.05, 4.69) is 39.1 Å². The zero-order chi connectivity index (χ0) is 44.2. The number of hydrogen-bond acceptors (Lipinski definition) is 5. The van der Waals surface area contributed by atoms with E-state index in [1.807, 2.05) is 47.4 Å². The van der Waals surface area contributed by atoms with Crippen molar-refractivity contribution in [2.75, 3.05) is 18.4 Å². The molecule has 1 heterocycles. The van der Waals surface area contributed by atoms with Crippen LogP contribution >= 0.6 is 11.6 Å². The minimum atomic E-state index is -4.61. The van der Waals surface area contributed by atoms with Gasteiger partial charge in [-0.15, -0.1) is 0 Å². The highest BCUT2D eigenvalue weighted by molar-refractivity contribution is 6.33. The summed E-state index contributed by atoms with van der Waals surface area (Å²) in [4.78, 5) is 31.1. The first-order valence-electron chi connectivity index (χ1n) is 22.2.